The molecule has 2 aromatic carbocycles. The summed E-state index contributed by atoms with van der Waals surface area (Å²) in [5, 5.41) is 0. The molecular weight excluding hydrogens is 354 g/mol. The molecule has 5 heteroatoms. The van der Waals surface area contributed by atoms with Crippen LogP contribution < -0.4 is 0 Å². The lowest BCUT2D eigenvalue weighted by atomic mass is 9.96. The number of hydrogen-bond donors (Lipinski definition) is 0. The molecule has 1 saturated heterocycles. The molecule has 0 bridgehead atoms. The molecule has 2 aromatic rings. The second-order valence-electron chi connectivity index (χ2n) is 8.09. The van der Waals surface area contributed by atoms with Gasteiger partial charge in [-0.05, 0) is 38.3 Å². The minimum atomic E-state index is -0.649. The van der Waals surface area contributed by atoms with E-state index in [0.717, 1.165) is 11.1 Å². The van der Waals surface area contributed by atoms with Crippen LogP contribution in [0.1, 0.15) is 44.2 Å². The first-order valence-electron chi connectivity index (χ1n) is 9.58. The Kier molecular flexibility index (Phi) is 6.02. The Balaban J connectivity index is 1.74. The molecule has 28 heavy (non-hydrogen) atoms. The Bertz CT molecular complexity index is 798. The van der Waals surface area contributed by atoms with E-state index in [-0.39, 0.29) is 12.5 Å². The Morgan fingerprint density at radius 2 is 1.61 bits per heavy atom. The van der Waals surface area contributed by atoms with Crippen molar-refractivity contribution in [2.45, 2.75) is 51.4 Å². The summed E-state index contributed by atoms with van der Waals surface area (Å²) in [6, 6.07) is 18.8. The molecule has 0 spiro atoms. The van der Waals surface area contributed by atoms with Crippen molar-refractivity contribution in [2.75, 3.05) is 6.54 Å². The van der Waals surface area contributed by atoms with Gasteiger partial charge in [0.15, 0.2) is 0 Å². The second kappa shape index (κ2) is 8.46. The third-order valence-corrected chi connectivity index (χ3v) is 4.70. The summed E-state index contributed by atoms with van der Waals surface area (Å²) in [5.41, 5.74) is 1.40. The Labute approximate surface area is 166 Å². The first kappa shape index (κ1) is 19.9. The smallest absolute Gasteiger partial charge is 0.411 e. The summed E-state index contributed by atoms with van der Waals surface area (Å²) in [5.74, 6) is -0.323. The summed E-state index contributed by atoms with van der Waals surface area (Å²) in [4.78, 5) is 27.0. The van der Waals surface area contributed by atoms with E-state index in [9.17, 15) is 9.59 Å². The van der Waals surface area contributed by atoms with E-state index in [1.165, 1.54) is 4.90 Å². The van der Waals surface area contributed by atoms with Gasteiger partial charge in [-0.15, -0.1) is 0 Å². The fourth-order valence-corrected chi connectivity index (χ4v) is 3.37. The number of carbonyl (C=O) groups excluding carboxylic acids is 2. The highest BCUT2D eigenvalue weighted by atomic mass is 16.6. The number of nitrogens with zero attached hydrogens (tertiary/aromatic N) is 1. The van der Waals surface area contributed by atoms with Gasteiger partial charge in [0.1, 0.15) is 18.2 Å². The van der Waals surface area contributed by atoms with Crippen molar-refractivity contribution in [2.24, 2.45) is 0 Å². The predicted octanol–water partition coefficient (Wildman–Crippen LogP) is 4.52. The van der Waals surface area contributed by atoms with Gasteiger partial charge in [-0.25, -0.2) is 9.59 Å². The van der Waals surface area contributed by atoms with Crippen molar-refractivity contribution < 1.29 is 19.1 Å². The second-order valence-corrected chi connectivity index (χ2v) is 8.09. The number of likely N-dealkylation sites (tertiary alicyclic amines) is 1. The number of ether oxygens (including phenoxy) is 2. The third kappa shape index (κ3) is 5.12. The van der Waals surface area contributed by atoms with E-state index in [2.05, 4.69) is 0 Å². The minimum absolute atomic E-state index is 0.0722. The summed E-state index contributed by atoms with van der Waals surface area (Å²) >= 11 is 0. The van der Waals surface area contributed by atoms with E-state index in [1.807, 2.05) is 81.4 Å². The molecule has 0 N–H and O–H groups in total. The van der Waals surface area contributed by atoms with Crippen LogP contribution in [0.3, 0.4) is 0 Å². The average Bonchev–Trinajstić information content (AvgIpc) is 3.12. The molecule has 0 unspecified atom stereocenters. The molecular formula is C23H27NO4. The molecule has 148 valence electrons. The highest BCUT2D eigenvalue weighted by molar-refractivity contribution is 5.82. The molecule has 1 heterocycles. The number of rotatable bonds is 4. The van der Waals surface area contributed by atoms with Gasteiger partial charge in [-0.1, -0.05) is 60.7 Å². The van der Waals surface area contributed by atoms with Crippen LogP contribution in [-0.2, 0) is 20.9 Å². The molecule has 0 aliphatic carbocycles. The van der Waals surface area contributed by atoms with E-state index in [1.54, 1.807) is 0 Å². The van der Waals surface area contributed by atoms with Crippen LogP contribution in [0.5, 0.6) is 0 Å². The summed E-state index contributed by atoms with van der Waals surface area (Å²) in [6.07, 6.45) is 0.0456. The standard InChI is InChI=1S/C23H27NO4/c1-23(2,3)28-22(26)24-15-19(18-12-8-5-9-13-18)14-20(24)21(25)27-16-17-10-6-4-7-11-17/h4-13,19-20H,14-16H2,1-3H3/t19-,20+/m1/s1. The highest BCUT2D eigenvalue weighted by Crippen LogP contribution is 2.33. The van der Waals surface area contributed by atoms with E-state index in [0.29, 0.717) is 13.0 Å². The largest absolute Gasteiger partial charge is 0.459 e. The van der Waals surface area contributed by atoms with E-state index in [4.69, 9.17) is 9.47 Å². The normalized spacial score (nSPS) is 19.3. The molecule has 0 aromatic heterocycles. The molecule has 3 rings (SSSR count). The van der Waals surface area contributed by atoms with Crippen LogP contribution in [0.2, 0.25) is 0 Å². The van der Waals surface area contributed by atoms with Gasteiger partial charge in [-0.2, -0.15) is 0 Å². The van der Waals surface area contributed by atoms with Gasteiger partial charge in [0.05, 0.1) is 0 Å². The number of esters is 1. The van der Waals surface area contributed by atoms with Crippen LogP contribution >= 0.6 is 0 Å². The monoisotopic (exact) mass is 381 g/mol. The zero-order valence-corrected chi connectivity index (χ0v) is 16.6. The molecule has 2 atom stereocenters. The Morgan fingerprint density at radius 1 is 1.00 bits per heavy atom. The lowest BCUT2D eigenvalue weighted by Gasteiger charge is -2.27. The Hall–Kier alpha value is -2.82. The van der Waals surface area contributed by atoms with Crippen molar-refractivity contribution >= 4 is 12.1 Å². The number of amides is 1. The number of hydrogen-bond acceptors (Lipinski definition) is 4. The van der Waals surface area contributed by atoms with Gasteiger partial charge < -0.3 is 9.47 Å². The molecule has 1 fully saturated rings. The lowest BCUT2D eigenvalue weighted by molar-refractivity contribution is -0.150. The van der Waals surface area contributed by atoms with Crippen LogP contribution in [0.4, 0.5) is 4.79 Å². The molecule has 1 amide bonds. The van der Waals surface area contributed by atoms with E-state index >= 15 is 0 Å². The first-order valence-corrected chi connectivity index (χ1v) is 9.58. The van der Waals surface area contributed by atoms with Crippen molar-refractivity contribution in [1.29, 1.82) is 0 Å². The SMILES string of the molecule is CC(C)(C)OC(=O)N1C[C@H](c2ccccc2)C[C@H]1C(=O)OCc1ccccc1. The molecule has 1 aliphatic rings. The van der Waals surface area contributed by atoms with Gasteiger partial charge in [-0.3, -0.25) is 4.90 Å². The van der Waals surface area contributed by atoms with Crippen molar-refractivity contribution in [1.82, 2.24) is 4.90 Å². The molecule has 0 saturated carbocycles. The zero-order chi connectivity index (χ0) is 20.1. The topological polar surface area (TPSA) is 55.8 Å². The van der Waals surface area contributed by atoms with Crippen LogP contribution in [-0.4, -0.2) is 35.2 Å². The van der Waals surface area contributed by atoms with E-state index < -0.39 is 23.7 Å². The summed E-state index contributed by atoms with van der Waals surface area (Å²) in [6.45, 7) is 6.08. The van der Waals surface area contributed by atoms with Crippen molar-refractivity contribution in [3.8, 4) is 0 Å². The van der Waals surface area contributed by atoms with Gasteiger partial charge in [0, 0.05) is 12.5 Å². The van der Waals surface area contributed by atoms with Crippen LogP contribution in [0.15, 0.2) is 60.7 Å². The van der Waals surface area contributed by atoms with Gasteiger partial charge >= 0.3 is 12.1 Å². The lowest BCUT2D eigenvalue weighted by Crippen LogP contribution is -2.44. The zero-order valence-electron chi connectivity index (χ0n) is 16.6. The maximum absolute atomic E-state index is 12.8. The fraction of sp³-hybridized carbons (Fsp3) is 0.391. The minimum Gasteiger partial charge on any atom is -0.459 e. The molecule has 0 radical (unpaired) electrons. The first-order chi connectivity index (χ1) is 13.3. The summed E-state index contributed by atoms with van der Waals surface area (Å²) < 4.78 is 11.0. The van der Waals surface area contributed by atoms with Gasteiger partial charge in [0.2, 0.25) is 0 Å². The highest BCUT2D eigenvalue weighted by Gasteiger charge is 2.42. The maximum atomic E-state index is 12.8. The van der Waals surface area contributed by atoms with Gasteiger partial charge in [0.25, 0.3) is 0 Å². The Morgan fingerprint density at radius 3 is 2.21 bits per heavy atom. The predicted molar refractivity (Wildman–Crippen MR) is 107 cm³/mol. The molecule has 1 aliphatic heterocycles. The number of benzene rings is 2. The molecule has 5 nitrogen and oxygen atoms in total. The average molecular weight is 381 g/mol. The van der Waals surface area contributed by atoms with Crippen molar-refractivity contribution in [3.63, 3.8) is 0 Å². The maximum Gasteiger partial charge on any atom is 0.411 e. The van der Waals surface area contributed by atoms with Crippen molar-refractivity contribution in [3.05, 3.63) is 71.8 Å². The summed E-state index contributed by atoms with van der Waals surface area (Å²) in [7, 11) is 0. The number of carbonyl (C=O) groups is 2. The van der Waals surface area contributed by atoms with Crippen LogP contribution in [0, 0.1) is 0 Å². The fourth-order valence-electron chi connectivity index (χ4n) is 3.37. The quantitative estimate of drug-likeness (QED) is 0.731. The third-order valence-electron chi connectivity index (χ3n) is 4.70. The van der Waals surface area contributed by atoms with Crippen LogP contribution in [0.25, 0.3) is 0 Å².